The zero-order valence-corrected chi connectivity index (χ0v) is 16.3. The number of hydrogen-bond acceptors (Lipinski definition) is 4. The molecule has 0 rings (SSSR count). The molecule has 24 heavy (non-hydrogen) atoms. The molecule has 0 radical (unpaired) electrons. The van der Waals surface area contributed by atoms with E-state index in [2.05, 4.69) is 0 Å². The van der Waals surface area contributed by atoms with Crippen molar-refractivity contribution in [1.82, 2.24) is 0 Å². The first-order chi connectivity index (χ1) is 7.73. The molecular formula is H20AlCaO16P3SiSrZn. The van der Waals surface area contributed by atoms with Crippen molar-refractivity contribution >= 4 is 133 Å². The summed E-state index contributed by atoms with van der Waals surface area (Å²) < 4.78 is 35.4. The van der Waals surface area contributed by atoms with Gasteiger partial charge in [0, 0.05) is 19.5 Å². The summed E-state index contributed by atoms with van der Waals surface area (Å²) in [5, 5.41) is 0. The van der Waals surface area contributed by atoms with Crippen molar-refractivity contribution in [3.05, 3.63) is 0 Å². The van der Waals surface area contributed by atoms with E-state index in [0.29, 0.717) is 0 Å². The third kappa shape index (κ3) is 1100. The first kappa shape index (κ1) is 56.5. The summed E-state index contributed by atoms with van der Waals surface area (Å²) >= 11 is 0. The van der Waals surface area contributed by atoms with Crippen molar-refractivity contribution in [2.24, 2.45) is 0 Å². The molecule has 0 bridgehead atoms. The summed E-state index contributed by atoms with van der Waals surface area (Å²) in [5.74, 6) is 0. The molecule has 0 unspecified atom stereocenters. The Balaban J connectivity index is -0.0000000167. The van der Waals surface area contributed by atoms with Gasteiger partial charge < -0.3 is 59.1 Å². The van der Waals surface area contributed by atoms with Gasteiger partial charge in [-0.3, -0.25) is 4.46 Å². The van der Waals surface area contributed by atoms with Gasteiger partial charge in [0.2, 0.25) is 0 Å². The van der Waals surface area contributed by atoms with E-state index in [-0.39, 0.29) is 126 Å². The van der Waals surface area contributed by atoms with Gasteiger partial charge >= 0.3 is 116 Å². The molecule has 0 aliphatic heterocycles. The van der Waals surface area contributed by atoms with Crippen LogP contribution in [-0.4, -0.2) is 169 Å². The van der Waals surface area contributed by atoms with E-state index in [4.69, 9.17) is 71.8 Å². The summed E-state index contributed by atoms with van der Waals surface area (Å²) in [7, 11) is -17.0. The van der Waals surface area contributed by atoms with E-state index in [9.17, 15) is 0 Å². The van der Waals surface area contributed by atoms with Gasteiger partial charge in [-0.25, -0.2) is 13.7 Å². The average Bonchev–Trinajstić information content (AvgIpc) is 1.66. The van der Waals surface area contributed by atoms with Crippen molar-refractivity contribution in [2.75, 3.05) is 0 Å². The minimum Gasteiger partial charge on any atom is 0 e. The van der Waals surface area contributed by atoms with Crippen LogP contribution in [0.2, 0.25) is 0 Å². The first-order valence-electron chi connectivity index (χ1n) is 3.00. The van der Waals surface area contributed by atoms with Crippen LogP contribution in [0.1, 0.15) is 0 Å². The molecule has 16 nitrogen and oxygen atoms in total. The molecule has 13 N–H and O–H groups in total. The minimum atomic E-state index is -4.64. The molecule has 0 atom stereocenters. The van der Waals surface area contributed by atoms with Crippen molar-refractivity contribution in [1.29, 1.82) is 0 Å². The van der Waals surface area contributed by atoms with Crippen LogP contribution in [0, 0.1) is 0 Å². The fourth-order valence-corrected chi connectivity index (χ4v) is 0. The van der Waals surface area contributed by atoms with Gasteiger partial charge in [0.15, 0.2) is 17.4 Å². The second-order valence-corrected chi connectivity index (χ2v) is 5.47. The summed E-state index contributed by atoms with van der Waals surface area (Å²) in [4.78, 5) is 79.0. The Bertz CT molecular complexity index is 297. The van der Waals surface area contributed by atoms with Crippen molar-refractivity contribution in [3.8, 4) is 0 Å². The third-order valence-corrected chi connectivity index (χ3v) is 0. The van der Waals surface area contributed by atoms with Gasteiger partial charge in [-0.2, -0.15) is 0 Å². The SMILES string of the molecule is O.O=P(O)(O)O.O=P(O)(O)O.O=P(O)(O)O.O=[Si](O)O.[AlH3].[CaH2].[SrH2].[Zn]. The largest absolute Gasteiger partial charge is 0 e. The normalized spacial score (nSPS) is 8.38. The Kier molecular flexibility index (Phi) is 68.3. The van der Waals surface area contributed by atoms with E-state index < -0.39 is 32.6 Å². The van der Waals surface area contributed by atoms with Crippen LogP contribution >= 0.6 is 23.5 Å². The zero-order valence-electron chi connectivity index (χ0n) is 9.60. The fraction of sp³-hybridized carbons (Fsp3) is 0. The van der Waals surface area contributed by atoms with E-state index in [1.165, 1.54) is 0 Å². The summed E-state index contributed by atoms with van der Waals surface area (Å²) in [6.45, 7) is 0. The Morgan fingerprint density at radius 2 is 0.625 bits per heavy atom. The van der Waals surface area contributed by atoms with Crippen LogP contribution in [0.25, 0.3) is 0 Å². The van der Waals surface area contributed by atoms with E-state index in [0.717, 1.165) is 0 Å². The fourth-order valence-electron chi connectivity index (χ4n) is 0. The smallest absolute Gasteiger partial charge is 0 e. The Hall–Kier alpha value is 3.80. The Morgan fingerprint density at radius 1 is 0.625 bits per heavy atom. The monoisotopic (exact) mass is 616 g/mol. The van der Waals surface area contributed by atoms with Gasteiger partial charge in [0.25, 0.3) is 0 Å². The van der Waals surface area contributed by atoms with Crippen molar-refractivity contribution < 1.29 is 96.7 Å². The Morgan fingerprint density at radius 3 is 0.625 bits per heavy atom. The second-order valence-electron chi connectivity index (χ2n) is 1.82. The van der Waals surface area contributed by atoms with Crippen LogP contribution < -0.4 is 0 Å². The molecule has 24 heteroatoms. The molecule has 144 valence electrons. The number of phosphoric acid groups is 3. The molecule has 0 spiro atoms. The van der Waals surface area contributed by atoms with E-state index in [1.54, 1.807) is 0 Å². The maximum atomic E-state index is 8.88. The van der Waals surface area contributed by atoms with Gasteiger partial charge in [-0.05, 0) is 0 Å². The molecule has 0 aliphatic rings. The van der Waals surface area contributed by atoms with Crippen molar-refractivity contribution in [2.45, 2.75) is 0 Å². The van der Waals surface area contributed by atoms with Crippen LogP contribution in [0.4, 0.5) is 0 Å². The van der Waals surface area contributed by atoms with Crippen LogP contribution in [0.15, 0.2) is 0 Å². The summed E-state index contributed by atoms with van der Waals surface area (Å²) in [6.07, 6.45) is 0. The molecule has 0 saturated heterocycles. The predicted molar refractivity (Wildman–Crippen MR) is 84.3 cm³/mol. The van der Waals surface area contributed by atoms with E-state index in [1.807, 2.05) is 0 Å². The third-order valence-electron chi connectivity index (χ3n) is 0. The van der Waals surface area contributed by atoms with Crippen molar-refractivity contribution in [3.63, 3.8) is 0 Å². The van der Waals surface area contributed by atoms with E-state index >= 15 is 0 Å². The molecular weight excluding hydrogens is 597 g/mol. The second kappa shape index (κ2) is 29.0. The zero-order chi connectivity index (χ0) is 17.1. The number of rotatable bonds is 0. The summed E-state index contributed by atoms with van der Waals surface area (Å²) in [6, 6.07) is 0. The molecule has 0 aromatic carbocycles. The first-order valence-corrected chi connectivity index (χ1v) is 9.00. The van der Waals surface area contributed by atoms with Gasteiger partial charge in [-0.15, -0.1) is 0 Å². The number of hydrogen-bond donors (Lipinski definition) is 11. The van der Waals surface area contributed by atoms with Crippen LogP contribution in [0.5, 0.6) is 0 Å². The molecule has 0 aliphatic carbocycles. The predicted octanol–water partition coefficient (Wildman–Crippen LogP) is -8.24. The average molecular weight is 617 g/mol. The molecule has 0 amide bonds. The molecule has 0 aromatic heterocycles. The Labute approximate surface area is 226 Å². The quantitative estimate of drug-likeness (QED) is 0.0888. The van der Waals surface area contributed by atoms with Crippen LogP contribution in [-0.2, 0) is 37.6 Å². The van der Waals surface area contributed by atoms with Gasteiger partial charge in [0.05, 0.1) is 0 Å². The maximum Gasteiger partial charge on any atom is 0 e. The summed E-state index contributed by atoms with van der Waals surface area (Å²) in [5.41, 5.74) is 0. The van der Waals surface area contributed by atoms with Crippen LogP contribution in [0.3, 0.4) is 0 Å². The standard InChI is InChI=1S/Al.Ca.3H3O4P.H2O3Si.H2O.Sr.Zn.7H/c;;3*1-5(2,3)4;1-4(2)3;;;;;;;;;;/h;;3*(H3,1,2,3,4);1-2H;1H2;;;;;;;;;. The topological polar surface area (TPSA) is 322 Å². The molecule has 0 fully saturated rings. The molecule has 0 saturated carbocycles. The molecule has 0 aromatic rings. The van der Waals surface area contributed by atoms with Gasteiger partial charge in [0.1, 0.15) is 0 Å². The van der Waals surface area contributed by atoms with Gasteiger partial charge in [-0.1, -0.05) is 0 Å². The molecule has 0 heterocycles. The maximum absolute atomic E-state index is 8.88. The minimum absolute atomic E-state index is 0.